The Morgan fingerprint density at radius 1 is 1.07 bits per heavy atom. The summed E-state index contributed by atoms with van der Waals surface area (Å²) in [6, 6.07) is 11.8. The minimum absolute atomic E-state index is 0.190. The number of halogens is 4. The van der Waals surface area contributed by atoms with E-state index in [-0.39, 0.29) is 31.2 Å². The van der Waals surface area contributed by atoms with Crippen molar-refractivity contribution < 1.29 is 37.0 Å². The number of ether oxygens (including phenoxy) is 3. The molecule has 3 aromatic rings. The van der Waals surface area contributed by atoms with E-state index in [4.69, 9.17) is 25.8 Å². The summed E-state index contributed by atoms with van der Waals surface area (Å²) in [5.74, 6) is 0.173. The largest absolute Gasteiger partial charge is 0.497 e. The Hall–Kier alpha value is -3.44. The Morgan fingerprint density at radius 2 is 1.76 bits per heavy atom. The van der Waals surface area contributed by atoms with Gasteiger partial charge in [0.15, 0.2) is 0 Å². The molecule has 1 amide bonds. The highest BCUT2D eigenvalue weighted by Crippen LogP contribution is 2.44. The number of hydrogen-bond acceptors (Lipinski definition) is 7. The van der Waals surface area contributed by atoms with E-state index < -0.39 is 28.6 Å². The molecule has 1 atom stereocenters. The molecule has 12 heteroatoms. The van der Waals surface area contributed by atoms with Crippen LogP contribution >= 0.6 is 22.9 Å². The molecule has 2 heterocycles. The van der Waals surface area contributed by atoms with Crippen LogP contribution in [-0.2, 0) is 26.9 Å². The predicted molar refractivity (Wildman–Crippen MR) is 157 cm³/mol. The highest BCUT2D eigenvalue weighted by atomic mass is 35.5. The Kier molecular flexibility index (Phi) is 9.62. The Labute approximate surface area is 251 Å². The molecule has 1 aliphatic rings. The van der Waals surface area contributed by atoms with Gasteiger partial charge in [-0.3, -0.25) is 9.59 Å². The molecule has 42 heavy (non-hydrogen) atoms. The van der Waals surface area contributed by atoms with Crippen LogP contribution in [0.2, 0.25) is 5.02 Å². The number of rotatable bonds is 10. The Balaban J connectivity index is 1.54. The second kappa shape index (κ2) is 12.8. The standard InChI is InChI=1S/C30H32ClF3N2O5S/c1-29(2,3)41-26(37)6-5-13-40-22-15-20(14-21(16-22)39-4)35-27(18-7-9-19(31)10-8-18)28(38)36-12-11-24-23(36)17-25(42-24)30(32,33)34/h7-10,14-17,27,35H,5-6,11-13H2,1-4H3. The summed E-state index contributed by atoms with van der Waals surface area (Å²) in [6.45, 7) is 5.92. The van der Waals surface area contributed by atoms with Crippen molar-refractivity contribution in [1.29, 1.82) is 0 Å². The van der Waals surface area contributed by atoms with Gasteiger partial charge in [0.2, 0.25) is 0 Å². The first-order valence-corrected chi connectivity index (χ1v) is 14.5. The summed E-state index contributed by atoms with van der Waals surface area (Å²) in [5, 5.41) is 3.70. The fourth-order valence-corrected chi connectivity index (χ4v) is 5.59. The number of carbonyl (C=O) groups excluding carboxylic acids is 2. The van der Waals surface area contributed by atoms with Gasteiger partial charge in [-0.05, 0) is 51.0 Å². The van der Waals surface area contributed by atoms with Crippen LogP contribution in [0.15, 0.2) is 48.5 Å². The van der Waals surface area contributed by atoms with Crippen molar-refractivity contribution in [3.63, 3.8) is 0 Å². The predicted octanol–water partition coefficient (Wildman–Crippen LogP) is 7.67. The highest BCUT2D eigenvalue weighted by Gasteiger charge is 2.39. The lowest BCUT2D eigenvalue weighted by atomic mass is 10.0. The summed E-state index contributed by atoms with van der Waals surface area (Å²) in [7, 11) is 1.49. The number of anilines is 2. The zero-order chi connectivity index (χ0) is 30.7. The first-order valence-electron chi connectivity index (χ1n) is 13.3. The third-order valence-electron chi connectivity index (χ3n) is 6.28. The van der Waals surface area contributed by atoms with Crippen molar-refractivity contribution in [3.05, 3.63) is 68.9 Å². The fraction of sp³-hybridized carbons (Fsp3) is 0.400. The van der Waals surface area contributed by atoms with Crippen LogP contribution in [0.3, 0.4) is 0 Å². The SMILES string of the molecule is COc1cc(NC(C(=O)N2CCc3sc(C(F)(F)F)cc32)c2ccc(Cl)cc2)cc(OCCCC(=O)OC(C)(C)C)c1. The highest BCUT2D eigenvalue weighted by molar-refractivity contribution is 7.12. The van der Waals surface area contributed by atoms with E-state index in [1.165, 1.54) is 12.0 Å². The molecule has 4 rings (SSSR count). The second-order valence-electron chi connectivity index (χ2n) is 10.7. The first kappa shape index (κ1) is 31.5. The smallest absolute Gasteiger partial charge is 0.425 e. The molecule has 0 aliphatic carbocycles. The molecule has 0 spiro atoms. The topological polar surface area (TPSA) is 77.1 Å². The summed E-state index contributed by atoms with van der Waals surface area (Å²) < 4.78 is 56.8. The van der Waals surface area contributed by atoms with Crippen LogP contribution in [0, 0.1) is 0 Å². The molecule has 1 N–H and O–H groups in total. The number of nitrogens with one attached hydrogen (secondary N) is 1. The second-order valence-corrected chi connectivity index (χ2v) is 12.3. The average molecular weight is 625 g/mol. The van der Waals surface area contributed by atoms with Crippen molar-refractivity contribution in [2.75, 3.05) is 30.5 Å². The van der Waals surface area contributed by atoms with Crippen LogP contribution in [0.5, 0.6) is 11.5 Å². The van der Waals surface area contributed by atoms with E-state index in [2.05, 4.69) is 5.32 Å². The number of esters is 1. The molecule has 0 radical (unpaired) electrons. The maximum absolute atomic E-state index is 13.9. The summed E-state index contributed by atoms with van der Waals surface area (Å²) >= 11 is 6.75. The van der Waals surface area contributed by atoms with Gasteiger partial charge < -0.3 is 24.4 Å². The molecule has 2 aromatic carbocycles. The molecular weight excluding hydrogens is 593 g/mol. The maximum Gasteiger partial charge on any atom is 0.425 e. The van der Waals surface area contributed by atoms with Crippen LogP contribution in [0.4, 0.5) is 24.5 Å². The molecule has 7 nitrogen and oxygen atoms in total. The normalized spacial score (nSPS) is 13.9. The quantitative estimate of drug-likeness (QED) is 0.184. The summed E-state index contributed by atoms with van der Waals surface area (Å²) in [4.78, 5) is 27.1. The third-order valence-corrected chi connectivity index (χ3v) is 7.76. The molecule has 1 aliphatic heterocycles. The van der Waals surface area contributed by atoms with E-state index in [1.54, 1.807) is 63.2 Å². The van der Waals surface area contributed by atoms with Crippen LogP contribution in [0.25, 0.3) is 0 Å². The number of hydrogen-bond donors (Lipinski definition) is 1. The van der Waals surface area contributed by atoms with Crippen molar-refractivity contribution in [1.82, 2.24) is 0 Å². The Bertz CT molecular complexity index is 1420. The molecule has 0 bridgehead atoms. The van der Waals surface area contributed by atoms with Gasteiger partial charge in [-0.25, -0.2) is 0 Å². The number of benzene rings is 2. The lowest BCUT2D eigenvalue weighted by molar-refractivity contribution is -0.155. The lowest BCUT2D eigenvalue weighted by Gasteiger charge is -2.26. The number of amides is 1. The van der Waals surface area contributed by atoms with Gasteiger partial charge in [0, 0.05) is 53.2 Å². The number of thiophene rings is 1. The molecule has 1 aromatic heterocycles. The molecule has 0 fully saturated rings. The first-order chi connectivity index (χ1) is 19.7. The Morgan fingerprint density at radius 3 is 2.40 bits per heavy atom. The van der Waals surface area contributed by atoms with Crippen molar-refractivity contribution in [2.45, 2.75) is 57.9 Å². The van der Waals surface area contributed by atoms with Crippen LogP contribution in [0.1, 0.15) is 55.0 Å². The third kappa shape index (κ3) is 8.10. The van der Waals surface area contributed by atoms with E-state index in [0.29, 0.717) is 56.8 Å². The zero-order valence-electron chi connectivity index (χ0n) is 23.6. The van der Waals surface area contributed by atoms with E-state index in [0.717, 1.165) is 6.07 Å². The molecular formula is C30H32ClF3N2O5S. The van der Waals surface area contributed by atoms with Gasteiger partial charge in [0.25, 0.3) is 5.91 Å². The van der Waals surface area contributed by atoms with Crippen LogP contribution < -0.4 is 19.7 Å². The monoisotopic (exact) mass is 624 g/mol. The van der Waals surface area contributed by atoms with E-state index in [9.17, 15) is 22.8 Å². The molecule has 1 unspecified atom stereocenters. The van der Waals surface area contributed by atoms with Crippen molar-refractivity contribution in [3.8, 4) is 11.5 Å². The van der Waals surface area contributed by atoms with E-state index >= 15 is 0 Å². The average Bonchev–Trinajstić information content (AvgIpc) is 3.50. The molecule has 0 saturated carbocycles. The van der Waals surface area contributed by atoms with Gasteiger partial charge in [0.1, 0.15) is 28.0 Å². The minimum Gasteiger partial charge on any atom is -0.497 e. The number of fused-ring (bicyclic) bond motifs is 1. The molecule has 0 saturated heterocycles. The van der Waals surface area contributed by atoms with Gasteiger partial charge in [-0.2, -0.15) is 13.2 Å². The van der Waals surface area contributed by atoms with Crippen molar-refractivity contribution >= 4 is 46.2 Å². The van der Waals surface area contributed by atoms with Gasteiger partial charge in [0.05, 0.1) is 19.4 Å². The van der Waals surface area contributed by atoms with Gasteiger partial charge in [-0.1, -0.05) is 23.7 Å². The maximum atomic E-state index is 13.9. The number of methoxy groups -OCH3 is 1. The number of nitrogens with zero attached hydrogens (tertiary/aromatic N) is 1. The van der Waals surface area contributed by atoms with E-state index in [1.807, 2.05) is 0 Å². The van der Waals surface area contributed by atoms with Crippen molar-refractivity contribution in [2.24, 2.45) is 0 Å². The minimum atomic E-state index is -4.48. The van der Waals surface area contributed by atoms with Gasteiger partial charge in [-0.15, -0.1) is 11.3 Å². The fourth-order valence-electron chi connectivity index (χ4n) is 4.45. The lowest BCUT2D eigenvalue weighted by Crippen LogP contribution is -2.37. The van der Waals surface area contributed by atoms with Gasteiger partial charge >= 0.3 is 12.1 Å². The zero-order valence-corrected chi connectivity index (χ0v) is 25.2. The number of carbonyl (C=O) groups is 2. The summed E-state index contributed by atoms with van der Waals surface area (Å²) in [5.41, 5.74) is 0.777. The summed E-state index contributed by atoms with van der Waals surface area (Å²) in [6.07, 6.45) is -3.52. The molecule has 226 valence electrons. The van der Waals surface area contributed by atoms with Crippen LogP contribution in [-0.4, -0.2) is 37.7 Å². The number of alkyl halides is 3.